The Hall–Kier alpha value is -1.98. The van der Waals surface area contributed by atoms with Crippen LogP contribution < -0.4 is 0 Å². The van der Waals surface area contributed by atoms with Crippen LogP contribution in [0, 0.1) is 11.3 Å². The normalized spacial score (nSPS) is 16.0. The fourth-order valence-corrected chi connectivity index (χ4v) is 3.61. The molecule has 25 heavy (non-hydrogen) atoms. The van der Waals surface area contributed by atoms with E-state index in [0.717, 1.165) is 11.9 Å². The first kappa shape index (κ1) is 19.3. The van der Waals surface area contributed by atoms with Crippen molar-refractivity contribution < 1.29 is 17.9 Å². The van der Waals surface area contributed by atoms with E-state index in [1.165, 1.54) is 36.0 Å². The average molecular weight is 369 g/mol. The van der Waals surface area contributed by atoms with Crippen molar-refractivity contribution in [3.8, 4) is 6.07 Å². The first-order valence-corrected chi connectivity index (χ1v) is 8.48. The second-order valence-electron chi connectivity index (χ2n) is 5.31. The summed E-state index contributed by atoms with van der Waals surface area (Å²) in [5.74, 6) is 0.354. The summed E-state index contributed by atoms with van der Waals surface area (Å²) in [7, 11) is 1.39. The van der Waals surface area contributed by atoms with Crippen molar-refractivity contribution in [1.82, 2.24) is 9.29 Å². The number of hydrogen-bond donors (Lipinski definition) is 0. The second-order valence-corrected chi connectivity index (χ2v) is 6.44. The summed E-state index contributed by atoms with van der Waals surface area (Å²) in [5, 5.41) is 8.94. The fraction of sp³-hybridized carbons (Fsp3) is 0.412. The predicted octanol–water partition coefficient (Wildman–Crippen LogP) is 4.46. The predicted molar refractivity (Wildman–Crippen MR) is 89.4 cm³/mol. The van der Waals surface area contributed by atoms with E-state index in [0.29, 0.717) is 29.1 Å². The van der Waals surface area contributed by atoms with Crippen molar-refractivity contribution in [3.05, 3.63) is 47.5 Å². The molecule has 0 amide bonds. The molecule has 1 atom stereocenters. The molecule has 1 aliphatic rings. The number of rotatable bonds is 6. The maximum atomic E-state index is 13.9. The molecule has 0 spiro atoms. The molecule has 4 nitrogen and oxygen atoms in total. The minimum Gasteiger partial charge on any atom is -0.501 e. The van der Waals surface area contributed by atoms with Gasteiger partial charge in [0.25, 0.3) is 0 Å². The van der Waals surface area contributed by atoms with Crippen molar-refractivity contribution >= 4 is 11.9 Å². The number of nitriles is 1. The number of nitrogens with zero attached hydrogens (tertiary/aromatic N) is 3. The summed E-state index contributed by atoms with van der Waals surface area (Å²) in [6, 6.07) is 1.66. The van der Waals surface area contributed by atoms with Crippen LogP contribution in [0.3, 0.4) is 0 Å². The maximum Gasteiger partial charge on any atom is 0.409 e. The molecule has 0 N–H and O–H groups in total. The molecule has 2 rings (SSSR count). The number of hydrogen-bond acceptors (Lipinski definition) is 5. The molecule has 0 unspecified atom stereocenters. The smallest absolute Gasteiger partial charge is 0.409 e. The molecular weight excluding hydrogens is 351 g/mol. The van der Waals surface area contributed by atoms with Gasteiger partial charge in [-0.15, -0.1) is 0 Å². The third kappa shape index (κ3) is 4.77. The summed E-state index contributed by atoms with van der Waals surface area (Å²) in [6.07, 6.45) is 2.68. The van der Waals surface area contributed by atoms with Gasteiger partial charge in [0.2, 0.25) is 0 Å². The van der Waals surface area contributed by atoms with Gasteiger partial charge in [-0.05, 0) is 24.4 Å². The van der Waals surface area contributed by atoms with Crippen molar-refractivity contribution in [1.29, 1.82) is 5.26 Å². The SMILES string of the molecule is CCN(Sc1cncc(C#N)c1)[C@H](C1=C(OC)CCC=C1)C(F)(F)F. The topological polar surface area (TPSA) is 49.2 Å². The number of ether oxygens (including phenoxy) is 1. The Kier molecular flexibility index (Phi) is 6.51. The second kappa shape index (κ2) is 8.41. The molecule has 0 radical (unpaired) electrons. The zero-order chi connectivity index (χ0) is 18.4. The first-order chi connectivity index (χ1) is 11.9. The van der Waals surface area contributed by atoms with Crippen LogP contribution in [0.15, 0.2) is 46.8 Å². The van der Waals surface area contributed by atoms with Gasteiger partial charge in [-0.25, -0.2) is 4.31 Å². The summed E-state index contributed by atoms with van der Waals surface area (Å²) < 4.78 is 48.0. The van der Waals surface area contributed by atoms with Crippen molar-refractivity contribution in [3.63, 3.8) is 0 Å². The lowest BCUT2D eigenvalue weighted by molar-refractivity contribution is -0.159. The Balaban J connectivity index is 2.39. The molecule has 1 aromatic rings. The van der Waals surface area contributed by atoms with E-state index in [9.17, 15) is 13.2 Å². The van der Waals surface area contributed by atoms with Gasteiger partial charge >= 0.3 is 6.18 Å². The van der Waals surface area contributed by atoms with E-state index in [2.05, 4.69) is 4.98 Å². The van der Waals surface area contributed by atoms with Gasteiger partial charge in [-0.3, -0.25) is 4.98 Å². The van der Waals surface area contributed by atoms with Gasteiger partial charge < -0.3 is 4.74 Å². The summed E-state index contributed by atoms with van der Waals surface area (Å²) in [5.41, 5.74) is 0.430. The minimum absolute atomic E-state index is 0.125. The largest absolute Gasteiger partial charge is 0.501 e. The van der Waals surface area contributed by atoms with Crippen LogP contribution in [0.5, 0.6) is 0 Å². The number of aromatic nitrogens is 1. The lowest BCUT2D eigenvalue weighted by atomic mass is 9.97. The van der Waals surface area contributed by atoms with Crippen LogP contribution in [0.2, 0.25) is 0 Å². The molecule has 8 heteroatoms. The Morgan fingerprint density at radius 2 is 2.20 bits per heavy atom. The standard InChI is InChI=1S/C17H18F3N3OS/c1-3-23(25-13-8-12(9-21)10-22-11-13)16(17(18,19)20)14-6-4-5-7-15(14)24-2/h4,6,8,10-11,16H,3,5,7H2,1-2H3/t16-/m1/s1. The zero-order valence-electron chi connectivity index (χ0n) is 13.9. The van der Waals surface area contributed by atoms with Crippen LogP contribution in [0.25, 0.3) is 0 Å². The highest BCUT2D eigenvalue weighted by molar-refractivity contribution is 7.97. The Bertz CT molecular complexity index is 710. The number of halogens is 3. The van der Waals surface area contributed by atoms with E-state index < -0.39 is 12.2 Å². The molecule has 0 aliphatic heterocycles. The third-order valence-corrected chi connectivity index (χ3v) is 4.81. The van der Waals surface area contributed by atoms with Crippen LogP contribution >= 0.6 is 11.9 Å². The molecule has 0 saturated carbocycles. The van der Waals surface area contributed by atoms with Crippen LogP contribution in [0.1, 0.15) is 25.3 Å². The highest BCUT2D eigenvalue weighted by atomic mass is 32.2. The van der Waals surface area contributed by atoms with Crippen molar-refractivity contribution in [2.45, 2.75) is 36.9 Å². The fourth-order valence-electron chi connectivity index (χ4n) is 2.59. The molecule has 0 bridgehead atoms. The monoisotopic (exact) mass is 369 g/mol. The molecule has 1 heterocycles. The summed E-state index contributed by atoms with van der Waals surface area (Å²) in [4.78, 5) is 4.39. The summed E-state index contributed by atoms with van der Waals surface area (Å²) in [6.45, 7) is 1.81. The van der Waals surface area contributed by atoms with Crippen molar-refractivity contribution in [2.75, 3.05) is 13.7 Å². The molecule has 0 aromatic carbocycles. The number of pyridine rings is 1. The van der Waals surface area contributed by atoms with E-state index in [1.54, 1.807) is 13.0 Å². The Morgan fingerprint density at radius 1 is 1.44 bits per heavy atom. The average Bonchev–Trinajstić information content (AvgIpc) is 2.60. The molecule has 134 valence electrons. The van der Waals surface area contributed by atoms with Gasteiger partial charge in [-0.2, -0.15) is 18.4 Å². The zero-order valence-corrected chi connectivity index (χ0v) is 14.7. The minimum atomic E-state index is -4.47. The van der Waals surface area contributed by atoms with E-state index >= 15 is 0 Å². The van der Waals surface area contributed by atoms with Crippen LogP contribution in [-0.4, -0.2) is 35.2 Å². The molecule has 1 aliphatic carbocycles. The lowest BCUT2D eigenvalue weighted by Gasteiger charge is -2.33. The molecule has 0 fully saturated rings. The van der Waals surface area contributed by atoms with Gasteiger partial charge in [0, 0.05) is 35.8 Å². The molecule has 0 saturated heterocycles. The third-order valence-electron chi connectivity index (χ3n) is 3.67. The van der Waals surface area contributed by atoms with Gasteiger partial charge in [-0.1, -0.05) is 19.1 Å². The van der Waals surface area contributed by atoms with Gasteiger partial charge in [0.15, 0.2) is 0 Å². The molecule has 1 aromatic heterocycles. The lowest BCUT2D eigenvalue weighted by Crippen LogP contribution is -2.44. The molecular formula is C17H18F3N3OS. The van der Waals surface area contributed by atoms with E-state index in [-0.39, 0.29) is 12.1 Å². The van der Waals surface area contributed by atoms with Crippen molar-refractivity contribution in [2.24, 2.45) is 0 Å². The van der Waals surface area contributed by atoms with Crippen LogP contribution in [0.4, 0.5) is 13.2 Å². The van der Waals surface area contributed by atoms with Gasteiger partial charge in [0.1, 0.15) is 17.9 Å². The number of allylic oxidation sites excluding steroid dienone is 2. The van der Waals surface area contributed by atoms with E-state index in [4.69, 9.17) is 10.00 Å². The number of likely N-dealkylation sites (N-methyl/N-ethyl adjacent to an activating group) is 1. The Morgan fingerprint density at radius 3 is 2.80 bits per heavy atom. The van der Waals surface area contributed by atoms with E-state index in [1.807, 2.05) is 6.07 Å². The maximum absolute atomic E-state index is 13.9. The number of methoxy groups -OCH3 is 1. The Labute approximate surface area is 149 Å². The highest BCUT2D eigenvalue weighted by Crippen LogP contribution is 2.39. The highest BCUT2D eigenvalue weighted by Gasteiger charge is 2.47. The first-order valence-electron chi connectivity index (χ1n) is 7.70. The number of alkyl halides is 3. The van der Waals surface area contributed by atoms with Crippen LogP contribution in [-0.2, 0) is 4.74 Å². The van der Waals surface area contributed by atoms with Gasteiger partial charge in [0.05, 0.1) is 12.7 Å². The quantitative estimate of drug-likeness (QED) is 0.693. The summed E-state index contributed by atoms with van der Waals surface area (Å²) >= 11 is 0.936.